The molecule has 19 heteroatoms. The molecule has 2 aromatic rings. The van der Waals surface area contributed by atoms with Gasteiger partial charge in [-0.15, -0.1) is 0 Å². The topological polar surface area (TPSA) is 236 Å². The first-order valence-corrected chi connectivity index (χ1v) is 21.1. The summed E-state index contributed by atoms with van der Waals surface area (Å²) in [5.74, 6) is -1.38. The van der Waals surface area contributed by atoms with Crippen molar-refractivity contribution in [1.82, 2.24) is 0 Å². The van der Waals surface area contributed by atoms with Crippen LogP contribution in [0.25, 0.3) is 0 Å². The van der Waals surface area contributed by atoms with Crippen molar-refractivity contribution < 1.29 is 88.8 Å². The number of fused-ring (bicyclic) bond motifs is 2. The van der Waals surface area contributed by atoms with Gasteiger partial charge in [-0.05, 0) is 55.8 Å². The Labute approximate surface area is 313 Å². The average molecular weight is 779 g/mol. The van der Waals surface area contributed by atoms with Gasteiger partial charge in [0.05, 0.1) is 37.6 Å². The Kier molecular flexibility index (Phi) is 12.8. The van der Waals surface area contributed by atoms with Gasteiger partial charge in [0.25, 0.3) is 0 Å². The Morgan fingerprint density at radius 1 is 0.760 bits per heavy atom. The summed E-state index contributed by atoms with van der Waals surface area (Å²) in [6, 6.07) is 8.27. The Balaban J connectivity index is 0.00000676. The van der Waals surface area contributed by atoms with Gasteiger partial charge in [-0.1, -0.05) is 44.2 Å². The molecule has 266 valence electrons. The maximum Gasteiger partial charge on any atom is 1.00 e. The van der Waals surface area contributed by atoms with E-state index < -0.39 is 57.8 Å². The molecular formula is C31H37N2NaO12P2S2. The number of rotatable bonds is 12. The van der Waals surface area contributed by atoms with Gasteiger partial charge in [0.2, 0.25) is 5.69 Å². The zero-order chi connectivity index (χ0) is 36.8. The molecule has 4 N–H and O–H groups in total. The van der Waals surface area contributed by atoms with Gasteiger partial charge in [0.15, 0.2) is 12.3 Å². The van der Waals surface area contributed by atoms with Gasteiger partial charge in [0, 0.05) is 41.1 Å². The second-order valence-electron chi connectivity index (χ2n) is 12.6. The summed E-state index contributed by atoms with van der Waals surface area (Å²) in [5, 5.41) is -0.381. The summed E-state index contributed by atoms with van der Waals surface area (Å²) in [7, 11) is -18.3. The number of hydrogen-bond donors (Lipinski definition) is 4. The number of nitrogens with zero attached hydrogens (tertiary/aromatic N) is 2. The molecule has 0 aromatic heterocycles. The zero-order valence-corrected chi connectivity index (χ0v) is 33.4. The normalized spacial score (nSPS) is 18.4. The Morgan fingerprint density at radius 3 is 1.84 bits per heavy atom. The zero-order valence-electron chi connectivity index (χ0n) is 28.0. The quantitative estimate of drug-likeness (QED) is 0.0674. The van der Waals surface area contributed by atoms with E-state index in [0.29, 0.717) is 33.9 Å². The number of allylic oxidation sites excluding steroid dienone is 8. The van der Waals surface area contributed by atoms with Crippen molar-refractivity contribution in [3.63, 3.8) is 0 Å². The van der Waals surface area contributed by atoms with E-state index in [1.165, 1.54) is 36.4 Å². The summed E-state index contributed by atoms with van der Waals surface area (Å²) in [6.07, 6.45) is 11.8. The molecule has 0 aliphatic carbocycles. The predicted octanol–water partition coefficient (Wildman–Crippen LogP) is -0.886. The van der Waals surface area contributed by atoms with Crippen LogP contribution in [0.15, 0.2) is 84.6 Å². The van der Waals surface area contributed by atoms with Crippen molar-refractivity contribution in [2.45, 2.75) is 38.5 Å². The van der Waals surface area contributed by atoms with Crippen molar-refractivity contribution in [3.8, 4) is 0 Å². The van der Waals surface area contributed by atoms with Crippen LogP contribution in [0, 0.1) is 0 Å². The van der Waals surface area contributed by atoms with Crippen molar-refractivity contribution >= 4 is 63.1 Å². The molecule has 0 atom stereocenters. The Bertz CT molecular complexity index is 2150. The van der Waals surface area contributed by atoms with Crippen LogP contribution >= 0.6 is 15.2 Å². The molecule has 0 amide bonds. The van der Waals surface area contributed by atoms with E-state index >= 15 is 0 Å². The third kappa shape index (κ3) is 9.69. The van der Waals surface area contributed by atoms with Gasteiger partial charge in [-0.25, -0.2) is 16.8 Å². The van der Waals surface area contributed by atoms with E-state index in [9.17, 15) is 54.6 Å². The molecule has 0 radical (unpaired) electrons. The fourth-order valence-corrected chi connectivity index (χ4v) is 8.01. The van der Waals surface area contributed by atoms with Gasteiger partial charge in [0.1, 0.15) is 10.1 Å². The monoisotopic (exact) mass is 778 g/mol. The van der Waals surface area contributed by atoms with Crippen LogP contribution in [0.3, 0.4) is 0 Å². The Morgan fingerprint density at radius 2 is 1.28 bits per heavy atom. The third-order valence-electron chi connectivity index (χ3n) is 8.51. The van der Waals surface area contributed by atoms with Crippen molar-refractivity contribution in [1.29, 1.82) is 0 Å². The molecular weight excluding hydrogens is 741 g/mol. The van der Waals surface area contributed by atoms with Gasteiger partial charge >= 0.3 is 44.7 Å². The SMILES string of the molecule is CC1(C)C(/C=C/C=C/C=C/C=C2/N(CCS(=O)(=O)[O-])c3ccc(P(=O)(O)O)cc3C2(C)C)=[N+](CCS(=O)(=O)[O-])c2ccc(P(=O)(O)O)cc21.[Na+]. The van der Waals surface area contributed by atoms with Crippen molar-refractivity contribution in [2.24, 2.45) is 0 Å². The largest absolute Gasteiger partial charge is 1.00 e. The van der Waals surface area contributed by atoms with E-state index in [0.717, 1.165) is 0 Å². The smallest absolute Gasteiger partial charge is 0.748 e. The molecule has 2 aliphatic heterocycles. The number of benzene rings is 2. The number of anilines is 1. The summed E-state index contributed by atoms with van der Waals surface area (Å²) < 4.78 is 94.2. The molecule has 4 rings (SSSR count). The maximum absolute atomic E-state index is 11.9. The van der Waals surface area contributed by atoms with E-state index in [1.54, 1.807) is 52.0 Å². The minimum atomic E-state index is -4.57. The fraction of sp³-hybridized carbons (Fsp3) is 0.323. The van der Waals surface area contributed by atoms with E-state index in [2.05, 4.69) is 0 Å². The van der Waals surface area contributed by atoms with Gasteiger partial charge in [-0.2, -0.15) is 4.58 Å². The van der Waals surface area contributed by atoms with Crippen LogP contribution in [0.4, 0.5) is 11.4 Å². The summed E-state index contributed by atoms with van der Waals surface area (Å²) in [6.45, 7) is 6.89. The summed E-state index contributed by atoms with van der Waals surface area (Å²) in [5.41, 5.74) is 1.68. The van der Waals surface area contributed by atoms with Crippen LogP contribution in [0.5, 0.6) is 0 Å². The second-order valence-corrected chi connectivity index (χ2v) is 18.9. The van der Waals surface area contributed by atoms with Gasteiger partial charge < -0.3 is 33.6 Å². The second kappa shape index (κ2) is 15.2. The minimum absolute atomic E-state index is 0. The molecule has 14 nitrogen and oxygen atoms in total. The molecule has 2 aromatic carbocycles. The van der Waals surface area contributed by atoms with E-state index in [1.807, 2.05) is 27.7 Å². The summed E-state index contributed by atoms with van der Waals surface area (Å²) >= 11 is 0. The molecule has 0 saturated heterocycles. The minimum Gasteiger partial charge on any atom is -0.748 e. The molecule has 0 unspecified atom stereocenters. The summed E-state index contributed by atoms with van der Waals surface area (Å²) in [4.78, 5) is 40.4. The predicted molar refractivity (Wildman–Crippen MR) is 184 cm³/mol. The first kappa shape index (κ1) is 42.4. The average Bonchev–Trinajstić information content (AvgIpc) is 3.30. The van der Waals surface area contributed by atoms with E-state index in [4.69, 9.17) is 0 Å². The molecule has 0 saturated carbocycles. The van der Waals surface area contributed by atoms with Crippen LogP contribution in [-0.4, -0.2) is 80.4 Å². The number of hydrogen-bond acceptors (Lipinski definition) is 9. The van der Waals surface area contributed by atoms with Crippen molar-refractivity contribution in [2.75, 3.05) is 29.5 Å². The molecule has 0 spiro atoms. The standard InChI is InChI=1S/C31H38N2O12P2S2.Na/c1-30(2)24-20-22(46(34,35)36)12-14-26(24)32(16-18-48(40,41)42)28(30)10-8-6-5-7-9-11-29-31(3,4)25-21-23(47(37,38)39)13-15-27(25)33(29)17-19-49(43,44)45;/h5-15,20-21H,16-19H2,1-4H3,(H5-,34,35,36,37,38,39,40,41,42,43,44,45);/q;+1/p-1. The molecule has 0 fully saturated rings. The third-order valence-corrected chi connectivity index (χ3v) is 11.8. The first-order chi connectivity index (χ1) is 22.3. The van der Waals surface area contributed by atoms with Gasteiger partial charge in [-0.3, -0.25) is 9.13 Å². The molecule has 2 heterocycles. The van der Waals surface area contributed by atoms with Crippen molar-refractivity contribution in [3.05, 3.63) is 95.8 Å². The van der Waals surface area contributed by atoms with Crippen LogP contribution < -0.4 is 45.1 Å². The first-order valence-electron chi connectivity index (χ1n) is 14.8. The Hall–Kier alpha value is -2.01. The molecule has 50 heavy (non-hydrogen) atoms. The van der Waals surface area contributed by atoms with Crippen LogP contribution in [-0.2, 0) is 40.2 Å². The maximum atomic E-state index is 11.9. The molecule has 2 aliphatic rings. The molecule has 0 bridgehead atoms. The van der Waals surface area contributed by atoms with Crippen LogP contribution in [0.2, 0.25) is 0 Å². The van der Waals surface area contributed by atoms with Crippen LogP contribution in [0.1, 0.15) is 38.8 Å². The van der Waals surface area contributed by atoms with E-state index in [-0.39, 0.29) is 53.3 Å². The fourth-order valence-electron chi connectivity index (χ4n) is 6.06.